The minimum Gasteiger partial charge on any atom is -0.508 e. The summed E-state index contributed by atoms with van der Waals surface area (Å²) in [6.45, 7) is 21.0. The highest BCUT2D eigenvalue weighted by atomic mass is 16.4. The monoisotopic (exact) mass is 440 g/mol. The number of hydrogen-bond acceptors (Lipinski definition) is 4. The van der Waals surface area contributed by atoms with Crippen LogP contribution >= 0.6 is 0 Å². The van der Waals surface area contributed by atoms with E-state index in [1.807, 2.05) is 13.8 Å². The fraction of sp³-hybridized carbons (Fsp3) is 0.154. The second-order valence-corrected chi connectivity index (χ2v) is 6.83. The third-order valence-corrected chi connectivity index (χ3v) is 3.45. The highest BCUT2D eigenvalue weighted by molar-refractivity contribution is 5.85. The van der Waals surface area contributed by atoms with E-state index in [0.717, 1.165) is 11.1 Å². The lowest BCUT2D eigenvalue weighted by Crippen LogP contribution is -1.92. The Labute approximate surface area is 189 Å². The molecule has 0 atom stereocenters. The molecule has 0 bridgehead atoms. The lowest BCUT2D eigenvalue weighted by Gasteiger charge is -2.02. The first-order valence-electron chi connectivity index (χ1n) is 9.36. The summed E-state index contributed by atoms with van der Waals surface area (Å²) in [5.74, 6) is -1.53. The average Bonchev–Trinajstić information content (AvgIpc) is 2.71. The van der Waals surface area contributed by atoms with Crippen LogP contribution in [0.15, 0.2) is 86.0 Å². The van der Waals surface area contributed by atoms with E-state index in [1.165, 1.54) is 49.2 Å². The largest absolute Gasteiger partial charge is 0.508 e. The molecule has 0 saturated heterocycles. The second kappa shape index (κ2) is 15.7. The Balaban J connectivity index is 0. The molecule has 0 radical (unpaired) electrons. The topological polar surface area (TPSA) is 115 Å². The minimum atomic E-state index is -0.935. The number of allylic oxidation sites excluding steroid dienone is 2. The Morgan fingerprint density at radius 1 is 0.562 bits per heavy atom. The van der Waals surface area contributed by atoms with Gasteiger partial charge in [0, 0.05) is 11.1 Å². The van der Waals surface area contributed by atoms with Gasteiger partial charge in [-0.15, -0.1) is 0 Å². The molecule has 2 aromatic rings. The zero-order chi connectivity index (χ0) is 25.4. The molecule has 32 heavy (non-hydrogen) atoms. The summed E-state index contributed by atoms with van der Waals surface area (Å²) < 4.78 is 0. The van der Waals surface area contributed by atoms with Crippen LogP contribution in [0, 0.1) is 0 Å². The van der Waals surface area contributed by atoms with Gasteiger partial charge in [0.15, 0.2) is 0 Å². The summed E-state index contributed by atoms with van der Waals surface area (Å²) in [6, 6.07) is 14.0. The number of benzene rings is 2. The van der Waals surface area contributed by atoms with Crippen molar-refractivity contribution < 1.29 is 30.0 Å². The standard InChI is InChI=1S/C12H14.C6H6O2.2C4H6O2/c1-9(2)11-5-7-12(8-6-11)10(3)4;7-5-1-2-6(8)4-3-5;2*1-3(2)4(5)6/h5-8H,1,3H2,2,4H3;1-4,7-8H;2*1H2,2H3,(H,5,6). The van der Waals surface area contributed by atoms with Crippen molar-refractivity contribution in [1.82, 2.24) is 0 Å². The third-order valence-electron chi connectivity index (χ3n) is 3.45. The van der Waals surface area contributed by atoms with Crippen LogP contribution in [0.3, 0.4) is 0 Å². The van der Waals surface area contributed by atoms with Gasteiger partial charge < -0.3 is 20.4 Å². The number of aromatic hydroxyl groups is 2. The second-order valence-electron chi connectivity index (χ2n) is 6.83. The van der Waals surface area contributed by atoms with Gasteiger partial charge in [-0.2, -0.15) is 0 Å². The van der Waals surface area contributed by atoms with Crippen molar-refractivity contribution in [2.24, 2.45) is 0 Å². The first-order valence-corrected chi connectivity index (χ1v) is 9.36. The van der Waals surface area contributed by atoms with Gasteiger partial charge in [0.25, 0.3) is 0 Å². The van der Waals surface area contributed by atoms with E-state index in [1.54, 1.807) is 0 Å². The Kier molecular flexibility index (Phi) is 14.8. The molecule has 6 nitrogen and oxygen atoms in total. The highest BCUT2D eigenvalue weighted by Crippen LogP contribution is 2.16. The molecule has 0 aromatic heterocycles. The summed E-state index contributed by atoms with van der Waals surface area (Å²) in [7, 11) is 0. The molecule has 0 aliphatic heterocycles. The lowest BCUT2D eigenvalue weighted by molar-refractivity contribution is -0.133. The maximum absolute atomic E-state index is 9.60. The predicted octanol–water partition coefficient (Wildman–Crippen LogP) is 6.14. The Bertz CT molecular complexity index is 833. The van der Waals surface area contributed by atoms with E-state index in [-0.39, 0.29) is 22.6 Å². The van der Waals surface area contributed by atoms with Gasteiger partial charge >= 0.3 is 11.9 Å². The number of aliphatic carboxylic acids is 2. The molecular formula is C26H32O6. The zero-order valence-corrected chi connectivity index (χ0v) is 19.1. The quantitative estimate of drug-likeness (QED) is 0.335. The fourth-order valence-corrected chi connectivity index (χ4v) is 1.49. The smallest absolute Gasteiger partial charge is 0.330 e. The van der Waals surface area contributed by atoms with Gasteiger partial charge in [-0.25, -0.2) is 9.59 Å². The SMILES string of the molecule is C=C(C)C(=O)O.C=C(C)C(=O)O.C=C(C)c1ccc(C(=C)C)cc1.Oc1ccc(O)cc1. The van der Waals surface area contributed by atoms with Crippen LogP contribution < -0.4 is 0 Å². The van der Waals surface area contributed by atoms with Crippen molar-refractivity contribution in [3.05, 3.63) is 97.1 Å². The molecule has 4 N–H and O–H groups in total. The van der Waals surface area contributed by atoms with Crippen LogP contribution in [0.5, 0.6) is 11.5 Å². The number of carbonyl (C=O) groups is 2. The maximum atomic E-state index is 9.60. The van der Waals surface area contributed by atoms with Crippen LogP contribution in [-0.2, 0) is 9.59 Å². The van der Waals surface area contributed by atoms with Crippen molar-refractivity contribution in [2.45, 2.75) is 27.7 Å². The molecule has 0 spiro atoms. The summed E-state index contributed by atoms with van der Waals surface area (Å²) in [5, 5.41) is 33.1. The van der Waals surface area contributed by atoms with Crippen molar-refractivity contribution in [2.75, 3.05) is 0 Å². The van der Waals surface area contributed by atoms with Gasteiger partial charge in [0.05, 0.1) is 0 Å². The van der Waals surface area contributed by atoms with E-state index in [0.29, 0.717) is 0 Å². The number of carboxylic acid groups (broad SMARTS) is 2. The molecule has 2 aromatic carbocycles. The fourth-order valence-electron chi connectivity index (χ4n) is 1.49. The van der Waals surface area contributed by atoms with Gasteiger partial charge in [0.1, 0.15) is 11.5 Å². The molecular weight excluding hydrogens is 408 g/mol. The number of phenolic OH excluding ortho intramolecular Hbond substituents is 2. The van der Waals surface area contributed by atoms with E-state index < -0.39 is 11.9 Å². The highest BCUT2D eigenvalue weighted by Gasteiger charge is 1.94. The average molecular weight is 441 g/mol. The van der Waals surface area contributed by atoms with Gasteiger partial charge in [-0.05, 0) is 63.1 Å². The first kappa shape index (κ1) is 30.1. The Morgan fingerprint density at radius 3 is 0.875 bits per heavy atom. The van der Waals surface area contributed by atoms with Crippen LogP contribution in [-0.4, -0.2) is 32.4 Å². The number of hydrogen-bond donors (Lipinski definition) is 4. The molecule has 0 saturated carbocycles. The Morgan fingerprint density at radius 2 is 0.750 bits per heavy atom. The summed E-state index contributed by atoms with van der Waals surface area (Å²) in [4.78, 5) is 19.2. The normalized spacial score (nSPS) is 8.62. The van der Waals surface area contributed by atoms with Crippen LogP contribution in [0.2, 0.25) is 0 Å². The van der Waals surface area contributed by atoms with Gasteiger partial charge in [-0.1, -0.05) is 61.7 Å². The summed E-state index contributed by atoms with van der Waals surface area (Å²) in [5.41, 5.74) is 4.94. The lowest BCUT2D eigenvalue weighted by atomic mass is 10.0. The van der Waals surface area contributed by atoms with Crippen LogP contribution in [0.25, 0.3) is 11.1 Å². The van der Waals surface area contributed by atoms with Gasteiger partial charge in [-0.3, -0.25) is 0 Å². The van der Waals surface area contributed by atoms with Gasteiger partial charge in [0.2, 0.25) is 0 Å². The molecule has 0 aliphatic carbocycles. The van der Waals surface area contributed by atoms with Crippen LogP contribution in [0.4, 0.5) is 0 Å². The Hall–Kier alpha value is -4.06. The number of carboxylic acids is 2. The maximum Gasteiger partial charge on any atom is 0.330 e. The summed E-state index contributed by atoms with van der Waals surface area (Å²) in [6.07, 6.45) is 0. The molecule has 0 unspecified atom stereocenters. The minimum absolute atomic E-state index is 0.169. The molecule has 0 heterocycles. The van der Waals surface area contributed by atoms with E-state index in [2.05, 4.69) is 50.6 Å². The first-order chi connectivity index (χ1) is 14.7. The molecule has 2 rings (SSSR count). The third kappa shape index (κ3) is 15.8. The molecule has 172 valence electrons. The molecule has 0 aliphatic rings. The summed E-state index contributed by atoms with van der Waals surface area (Å²) >= 11 is 0. The molecule has 6 heteroatoms. The molecule has 0 amide bonds. The van der Waals surface area contributed by atoms with Crippen molar-refractivity contribution in [3.63, 3.8) is 0 Å². The molecule has 0 fully saturated rings. The zero-order valence-electron chi connectivity index (χ0n) is 19.1. The predicted molar refractivity (Wildman–Crippen MR) is 131 cm³/mol. The number of phenols is 2. The van der Waals surface area contributed by atoms with Crippen molar-refractivity contribution in [1.29, 1.82) is 0 Å². The van der Waals surface area contributed by atoms with E-state index >= 15 is 0 Å². The van der Waals surface area contributed by atoms with E-state index in [4.69, 9.17) is 20.4 Å². The number of rotatable bonds is 4. The van der Waals surface area contributed by atoms with Crippen LogP contribution in [0.1, 0.15) is 38.8 Å². The van der Waals surface area contributed by atoms with Crippen molar-refractivity contribution in [3.8, 4) is 11.5 Å². The van der Waals surface area contributed by atoms with Crippen molar-refractivity contribution >= 4 is 23.1 Å². The van der Waals surface area contributed by atoms with E-state index in [9.17, 15) is 9.59 Å².